The van der Waals surface area contributed by atoms with E-state index in [0.29, 0.717) is 11.3 Å². The molecule has 1 aromatic heterocycles. The maximum absolute atomic E-state index is 11.3. The van der Waals surface area contributed by atoms with E-state index in [0.717, 1.165) is 0 Å². The van der Waals surface area contributed by atoms with Gasteiger partial charge in [0, 0.05) is 11.7 Å². The molecule has 20 heavy (non-hydrogen) atoms. The molecule has 0 spiro atoms. The Bertz CT molecular complexity index is 503. The van der Waals surface area contributed by atoms with E-state index in [1.807, 2.05) is 27.7 Å². The minimum absolute atomic E-state index is 0.373. The number of carbonyl (C=O) groups is 1. The highest BCUT2D eigenvalue weighted by Gasteiger charge is 2.52. The number of nitrogens with one attached hydrogen (secondary N) is 1. The van der Waals surface area contributed by atoms with Crippen LogP contribution in [0.4, 0.5) is 10.6 Å². The molecular weight excluding hydrogens is 259 g/mol. The fraction of sp³-hybridized carbons (Fsp3) is 0.538. The molecule has 0 radical (unpaired) electrons. The summed E-state index contributed by atoms with van der Waals surface area (Å²) >= 11 is 0. The summed E-state index contributed by atoms with van der Waals surface area (Å²) in [5, 5.41) is 2.56. The summed E-state index contributed by atoms with van der Waals surface area (Å²) in [6.07, 6.45) is 1.00. The minimum Gasteiger partial charge on any atom is -0.453 e. The van der Waals surface area contributed by atoms with Crippen molar-refractivity contribution in [2.75, 3.05) is 12.4 Å². The third kappa shape index (κ3) is 2.64. The van der Waals surface area contributed by atoms with Gasteiger partial charge >= 0.3 is 13.2 Å². The zero-order chi connectivity index (χ0) is 15.0. The van der Waals surface area contributed by atoms with Crippen LogP contribution in [0.3, 0.4) is 0 Å². The Morgan fingerprint density at radius 2 is 1.90 bits per heavy atom. The van der Waals surface area contributed by atoms with E-state index in [-0.39, 0.29) is 0 Å². The van der Waals surface area contributed by atoms with Crippen molar-refractivity contribution in [2.24, 2.45) is 0 Å². The number of hydrogen-bond donors (Lipinski definition) is 1. The standard InChI is InChI=1S/C13H19BN2O4/c1-12(2)13(3,4)20-14(19-12)9-7-6-8-15-10(9)16-11(17)18-5/h6-8H,1-5H3,(H,15,16,17). The summed E-state index contributed by atoms with van der Waals surface area (Å²) in [6, 6.07) is 3.57. The lowest BCUT2D eigenvalue weighted by Crippen LogP contribution is -2.41. The van der Waals surface area contributed by atoms with Gasteiger partial charge in [-0.15, -0.1) is 0 Å². The highest BCUT2D eigenvalue weighted by atomic mass is 16.7. The molecule has 108 valence electrons. The van der Waals surface area contributed by atoms with E-state index in [4.69, 9.17) is 9.31 Å². The summed E-state index contributed by atoms with van der Waals surface area (Å²) in [5.74, 6) is 0.373. The SMILES string of the molecule is COC(=O)Nc1ncccc1B1OC(C)(C)C(C)(C)O1. The maximum Gasteiger partial charge on any atom is 0.498 e. The van der Waals surface area contributed by atoms with Crippen LogP contribution in [0.5, 0.6) is 0 Å². The summed E-state index contributed by atoms with van der Waals surface area (Å²) < 4.78 is 16.5. The Balaban J connectivity index is 2.28. The maximum atomic E-state index is 11.3. The van der Waals surface area contributed by atoms with E-state index in [2.05, 4.69) is 15.0 Å². The van der Waals surface area contributed by atoms with Crippen molar-refractivity contribution in [3.05, 3.63) is 18.3 Å². The average molecular weight is 278 g/mol. The zero-order valence-corrected chi connectivity index (χ0v) is 12.4. The molecule has 0 aromatic carbocycles. The molecule has 0 saturated carbocycles. The minimum atomic E-state index is -0.583. The number of pyridine rings is 1. The lowest BCUT2D eigenvalue weighted by atomic mass is 9.79. The van der Waals surface area contributed by atoms with Crippen molar-refractivity contribution >= 4 is 24.5 Å². The van der Waals surface area contributed by atoms with Crippen LogP contribution < -0.4 is 10.8 Å². The Hall–Kier alpha value is -1.60. The fourth-order valence-electron chi connectivity index (χ4n) is 1.83. The Kier molecular flexibility index (Phi) is 3.75. The lowest BCUT2D eigenvalue weighted by molar-refractivity contribution is 0.00578. The van der Waals surface area contributed by atoms with Crippen molar-refractivity contribution in [2.45, 2.75) is 38.9 Å². The fourth-order valence-corrected chi connectivity index (χ4v) is 1.83. The van der Waals surface area contributed by atoms with Gasteiger partial charge in [0.25, 0.3) is 0 Å². The lowest BCUT2D eigenvalue weighted by Gasteiger charge is -2.32. The number of carbonyl (C=O) groups excluding carboxylic acids is 1. The van der Waals surface area contributed by atoms with Crippen molar-refractivity contribution in [3.63, 3.8) is 0 Å². The van der Waals surface area contributed by atoms with Gasteiger partial charge in [-0.05, 0) is 33.8 Å². The number of hydrogen-bond acceptors (Lipinski definition) is 5. The highest BCUT2D eigenvalue weighted by Crippen LogP contribution is 2.36. The van der Waals surface area contributed by atoms with Crippen molar-refractivity contribution in [1.82, 2.24) is 4.98 Å². The Labute approximate surface area is 119 Å². The van der Waals surface area contributed by atoms with E-state index in [1.54, 1.807) is 18.3 Å². The van der Waals surface area contributed by atoms with Crippen LogP contribution in [0.2, 0.25) is 0 Å². The average Bonchev–Trinajstić information content (AvgIpc) is 2.59. The van der Waals surface area contributed by atoms with Crippen LogP contribution in [0.25, 0.3) is 0 Å². The predicted octanol–water partition coefficient (Wildman–Crippen LogP) is 1.56. The molecule has 0 aliphatic carbocycles. The summed E-state index contributed by atoms with van der Waals surface area (Å²) in [7, 11) is 0.716. The van der Waals surface area contributed by atoms with E-state index in [1.165, 1.54) is 7.11 Å². The van der Waals surface area contributed by atoms with E-state index < -0.39 is 24.4 Å². The smallest absolute Gasteiger partial charge is 0.453 e. The normalized spacial score (nSPS) is 19.8. The quantitative estimate of drug-likeness (QED) is 0.831. The number of nitrogens with zero attached hydrogens (tertiary/aromatic N) is 1. The molecule has 1 aliphatic heterocycles. The number of methoxy groups -OCH3 is 1. The van der Waals surface area contributed by atoms with E-state index >= 15 is 0 Å². The van der Waals surface area contributed by atoms with E-state index in [9.17, 15) is 4.79 Å². The van der Waals surface area contributed by atoms with Gasteiger partial charge in [-0.3, -0.25) is 5.32 Å². The molecule has 1 N–H and O–H groups in total. The van der Waals surface area contributed by atoms with Crippen molar-refractivity contribution in [3.8, 4) is 0 Å². The monoisotopic (exact) mass is 278 g/mol. The van der Waals surface area contributed by atoms with Gasteiger partial charge < -0.3 is 14.0 Å². The number of ether oxygens (including phenoxy) is 1. The molecule has 1 amide bonds. The summed E-state index contributed by atoms with van der Waals surface area (Å²) in [5.41, 5.74) is -0.233. The van der Waals surface area contributed by atoms with Gasteiger partial charge in [0.15, 0.2) is 0 Å². The first-order valence-electron chi connectivity index (χ1n) is 6.42. The predicted molar refractivity (Wildman–Crippen MR) is 76.0 cm³/mol. The molecule has 1 saturated heterocycles. The second kappa shape index (κ2) is 5.07. The van der Waals surface area contributed by atoms with Crippen molar-refractivity contribution < 1.29 is 18.8 Å². The molecule has 6 nitrogen and oxygen atoms in total. The zero-order valence-electron chi connectivity index (χ0n) is 12.4. The largest absolute Gasteiger partial charge is 0.498 e. The number of rotatable bonds is 2. The second-order valence-corrected chi connectivity index (χ2v) is 5.65. The molecule has 1 fully saturated rings. The molecule has 7 heteroatoms. The van der Waals surface area contributed by atoms with Gasteiger partial charge in [-0.25, -0.2) is 9.78 Å². The van der Waals surface area contributed by atoms with Gasteiger partial charge in [0.2, 0.25) is 0 Å². The van der Waals surface area contributed by atoms with Crippen LogP contribution in [0.15, 0.2) is 18.3 Å². The molecule has 2 heterocycles. The van der Waals surface area contributed by atoms with Gasteiger partial charge in [-0.2, -0.15) is 0 Å². The number of amides is 1. The number of anilines is 1. The first-order valence-corrected chi connectivity index (χ1v) is 6.42. The van der Waals surface area contributed by atoms with Gasteiger partial charge in [0.05, 0.1) is 18.3 Å². The summed E-state index contributed by atoms with van der Waals surface area (Å²) in [4.78, 5) is 15.5. The molecular formula is C13H19BN2O4. The first-order chi connectivity index (χ1) is 9.27. The van der Waals surface area contributed by atoms with Crippen LogP contribution >= 0.6 is 0 Å². The van der Waals surface area contributed by atoms with Crippen LogP contribution in [0.1, 0.15) is 27.7 Å². The molecule has 0 bridgehead atoms. The topological polar surface area (TPSA) is 69.7 Å². The van der Waals surface area contributed by atoms with Crippen LogP contribution in [0, 0.1) is 0 Å². The molecule has 0 atom stereocenters. The Morgan fingerprint density at radius 3 is 2.45 bits per heavy atom. The second-order valence-electron chi connectivity index (χ2n) is 5.65. The molecule has 1 aliphatic rings. The molecule has 1 aromatic rings. The van der Waals surface area contributed by atoms with Gasteiger partial charge in [0.1, 0.15) is 5.82 Å². The van der Waals surface area contributed by atoms with Crippen LogP contribution in [-0.2, 0) is 14.0 Å². The first kappa shape index (κ1) is 14.8. The van der Waals surface area contributed by atoms with Gasteiger partial charge in [-0.1, -0.05) is 6.07 Å². The number of aromatic nitrogens is 1. The highest BCUT2D eigenvalue weighted by molar-refractivity contribution is 6.63. The molecule has 0 unspecified atom stereocenters. The van der Waals surface area contributed by atoms with Crippen LogP contribution in [-0.4, -0.2) is 36.5 Å². The van der Waals surface area contributed by atoms with Crippen molar-refractivity contribution in [1.29, 1.82) is 0 Å². The molecule has 2 rings (SSSR count). The third-order valence-corrected chi connectivity index (χ3v) is 3.75. The third-order valence-electron chi connectivity index (χ3n) is 3.75. The summed E-state index contributed by atoms with van der Waals surface area (Å²) in [6.45, 7) is 7.88. The Morgan fingerprint density at radius 1 is 1.30 bits per heavy atom.